The van der Waals surface area contributed by atoms with E-state index in [1.54, 1.807) is 6.20 Å². The first-order valence-corrected chi connectivity index (χ1v) is 7.67. The zero-order chi connectivity index (χ0) is 14.6. The van der Waals surface area contributed by atoms with Gasteiger partial charge in [-0.25, -0.2) is 0 Å². The van der Waals surface area contributed by atoms with Gasteiger partial charge >= 0.3 is 5.97 Å². The molecule has 1 aromatic rings. The molecule has 4 rings (SSSR count). The number of aryl methyl sites for hydroxylation is 1. The van der Waals surface area contributed by atoms with Gasteiger partial charge in [-0.05, 0) is 43.6 Å². The second-order valence-corrected chi connectivity index (χ2v) is 6.60. The monoisotopic (exact) mass is 289 g/mol. The molecule has 2 fully saturated rings. The lowest BCUT2D eigenvalue weighted by molar-refractivity contribution is -0.138. The molecule has 1 aromatic heterocycles. The summed E-state index contributed by atoms with van der Waals surface area (Å²) in [4.78, 5) is 23.2. The maximum atomic E-state index is 12.3. The van der Waals surface area contributed by atoms with Crippen LogP contribution in [0.1, 0.15) is 25.0 Å². The van der Waals surface area contributed by atoms with Crippen LogP contribution < -0.4 is 5.32 Å². The van der Waals surface area contributed by atoms with Crippen molar-refractivity contribution in [3.63, 3.8) is 0 Å². The number of hydrogen-bond donors (Lipinski definition) is 2. The molecule has 6 heteroatoms. The minimum Gasteiger partial charge on any atom is -0.481 e. The highest BCUT2D eigenvalue weighted by Gasteiger charge is 2.57. The van der Waals surface area contributed by atoms with Crippen LogP contribution in [0.2, 0.25) is 0 Å². The molecule has 3 aliphatic rings. The molecule has 0 spiro atoms. The molecule has 6 nitrogen and oxygen atoms in total. The molecule has 112 valence electrons. The van der Waals surface area contributed by atoms with Gasteiger partial charge < -0.3 is 10.4 Å². The van der Waals surface area contributed by atoms with Crippen molar-refractivity contribution in [2.24, 2.45) is 23.7 Å². The Morgan fingerprint density at radius 3 is 2.95 bits per heavy atom. The van der Waals surface area contributed by atoms with E-state index in [1.165, 1.54) is 5.69 Å². The first-order valence-electron chi connectivity index (χ1n) is 7.67. The van der Waals surface area contributed by atoms with E-state index >= 15 is 0 Å². The largest absolute Gasteiger partial charge is 0.481 e. The maximum absolute atomic E-state index is 12.3. The zero-order valence-corrected chi connectivity index (χ0v) is 11.7. The molecule has 2 aliphatic carbocycles. The van der Waals surface area contributed by atoms with Crippen LogP contribution in [0.5, 0.6) is 0 Å². The molecular weight excluding hydrogens is 270 g/mol. The highest BCUT2D eigenvalue weighted by molar-refractivity contribution is 5.79. The molecule has 0 aromatic carbocycles. The van der Waals surface area contributed by atoms with Crippen molar-refractivity contribution in [3.8, 4) is 0 Å². The molecule has 0 bridgehead atoms. The zero-order valence-electron chi connectivity index (χ0n) is 11.7. The topological polar surface area (TPSA) is 84.2 Å². The summed E-state index contributed by atoms with van der Waals surface area (Å²) >= 11 is 0. The summed E-state index contributed by atoms with van der Waals surface area (Å²) in [5.74, 6) is -0.0752. The number of hydrogen-bond acceptors (Lipinski definition) is 3. The fourth-order valence-electron chi connectivity index (χ4n) is 3.70. The molecule has 2 heterocycles. The third kappa shape index (κ3) is 2.32. The molecule has 2 N–H and O–H groups in total. The Bertz CT molecular complexity index is 597. The smallest absolute Gasteiger partial charge is 0.306 e. The van der Waals surface area contributed by atoms with Crippen molar-refractivity contribution in [1.29, 1.82) is 0 Å². The normalized spacial score (nSPS) is 36.7. The van der Waals surface area contributed by atoms with E-state index in [4.69, 9.17) is 5.11 Å². The molecule has 1 amide bonds. The summed E-state index contributed by atoms with van der Waals surface area (Å²) in [6.45, 7) is 0.659. The molecule has 2 saturated carbocycles. The number of carbonyl (C=O) groups is 2. The summed E-state index contributed by atoms with van der Waals surface area (Å²) in [7, 11) is 0. The van der Waals surface area contributed by atoms with E-state index in [-0.39, 0.29) is 29.7 Å². The highest BCUT2D eigenvalue weighted by Crippen LogP contribution is 2.54. The predicted octanol–water partition coefficient (Wildman–Crippen LogP) is 0.671. The van der Waals surface area contributed by atoms with Gasteiger partial charge in [-0.2, -0.15) is 5.10 Å². The number of carboxylic acids is 1. The van der Waals surface area contributed by atoms with E-state index in [9.17, 15) is 9.59 Å². The Morgan fingerprint density at radius 2 is 2.19 bits per heavy atom. The van der Waals surface area contributed by atoms with Gasteiger partial charge in [0, 0.05) is 17.9 Å². The van der Waals surface area contributed by atoms with Crippen LogP contribution in [0.3, 0.4) is 0 Å². The molecule has 5 atom stereocenters. The summed E-state index contributed by atoms with van der Waals surface area (Å²) in [6, 6.07) is 2.20. The molecular formula is C15H19N3O3. The summed E-state index contributed by atoms with van der Waals surface area (Å²) < 4.78 is 1.92. The van der Waals surface area contributed by atoms with E-state index in [0.29, 0.717) is 12.5 Å². The number of carboxylic acid groups (broad SMARTS) is 1. The van der Waals surface area contributed by atoms with Crippen LogP contribution in [0, 0.1) is 23.7 Å². The maximum Gasteiger partial charge on any atom is 0.306 e. The van der Waals surface area contributed by atoms with Crippen molar-refractivity contribution < 1.29 is 14.7 Å². The molecule has 1 unspecified atom stereocenters. The number of aromatic nitrogens is 2. The third-order valence-corrected chi connectivity index (χ3v) is 5.19. The third-order valence-electron chi connectivity index (χ3n) is 5.19. The van der Waals surface area contributed by atoms with Crippen molar-refractivity contribution in [3.05, 3.63) is 18.0 Å². The molecule has 21 heavy (non-hydrogen) atoms. The number of carbonyl (C=O) groups excluding carboxylic acids is 1. The number of rotatable bonds is 4. The fraction of sp³-hybridized carbons (Fsp3) is 0.667. The summed E-state index contributed by atoms with van der Waals surface area (Å²) in [5.41, 5.74) is 1.20. The SMILES string of the molecule is O=C(N[C@H]1C[C@H]1[C@H]1C[C@H]1C(=O)O)C1CCc2ccnn2C1. The minimum absolute atomic E-state index is 0.00637. The second-order valence-electron chi connectivity index (χ2n) is 6.60. The average Bonchev–Trinajstić information content (AvgIpc) is 3.34. The van der Waals surface area contributed by atoms with Crippen LogP contribution in [0.4, 0.5) is 0 Å². The lowest BCUT2D eigenvalue weighted by Gasteiger charge is -2.22. The Labute approximate surface area is 122 Å². The highest BCUT2D eigenvalue weighted by atomic mass is 16.4. The van der Waals surface area contributed by atoms with Gasteiger partial charge in [0.2, 0.25) is 5.91 Å². The fourth-order valence-corrected chi connectivity index (χ4v) is 3.70. The Kier molecular flexibility index (Phi) is 2.80. The lowest BCUT2D eigenvalue weighted by Crippen LogP contribution is -2.38. The second kappa shape index (κ2) is 4.58. The average molecular weight is 289 g/mol. The quantitative estimate of drug-likeness (QED) is 0.853. The van der Waals surface area contributed by atoms with Gasteiger partial charge in [-0.3, -0.25) is 14.3 Å². The van der Waals surface area contributed by atoms with Gasteiger partial charge in [0.15, 0.2) is 0 Å². The van der Waals surface area contributed by atoms with Crippen LogP contribution in [-0.4, -0.2) is 32.8 Å². The van der Waals surface area contributed by atoms with Gasteiger partial charge in [-0.15, -0.1) is 0 Å². The number of amides is 1. The number of nitrogens with zero attached hydrogens (tertiary/aromatic N) is 2. The van der Waals surface area contributed by atoms with Crippen molar-refractivity contribution in [2.75, 3.05) is 0 Å². The Balaban J connectivity index is 1.29. The van der Waals surface area contributed by atoms with E-state index in [2.05, 4.69) is 10.4 Å². The van der Waals surface area contributed by atoms with Gasteiger partial charge in [0.25, 0.3) is 0 Å². The van der Waals surface area contributed by atoms with Crippen molar-refractivity contribution in [1.82, 2.24) is 15.1 Å². The van der Waals surface area contributed by atoms with E-state index in [1.807, 2.05) is 10.7 Å². The Hall–Kier alpha value is -1.85. The minimum atomic E-state index is -0.685. The van der Waals surface area contributed by atoms with Crippen molar-refractivity contribution in [2.45, 2.75) is 38.3 Å². The van der Waals surface area contributed by atoms with Crippen LogP contribution in [0.25, 0.3) is 0 Å². The van der Waals surface area contributed by atoms with Crippen molar-refractivity contribution >= 4 is 11.9 Å². The van der Waals surface area contributed by atoms with E-state index < -0.39 is 5.97 Å². The number of fused-ring (bicyclic) bond motifs is 1. The Morgan fingerprint density at radius 1 is 1.33 bits per heavy atom. The molecule has 0 saturated heterocycles. The summed E-state index contributed by atoms with van der Waals surface area (Å²) in [6.07, 6.45) is 5.28. The van der Waals surface area contributed by atoms with Crippen LogP contribution >= 0.6 is 0 Å². The van der Waals surface area contributed by atoms with Crippen LogP contribution in [0.15, 0.2) is 12.3 Å². The molecule has 1 aliphatic heterocycles. The predicted molar refractivity (Wildman–Crippen MR) is 73.3 cm³/mol. The summed E-state index contributed by atoms with van der Waals surface area (Å²) in [5, 5.41) is 16.3. The van der Waals surface area contributed by atoms with Gasteiger partial charge in [0.1, 0.15) is 0 Å². The lowest BCUT2D eigenvalue weighted by atomic mass is 9.97. The standard InChI is InChI=1S/C15H19N3O3/c19-14(8-1-2-9-3-4-16-18(9)7-8)17-13-6-11(13)10-5-12(10)15(20)21/h3-4,8,10-13H,1-2,5-7H2,(H,17,19)(H,20,21)/t8?,10-,11+,12-,13+/m1/s1. The van der Waals surface area contributed by atoms with Gasteiger partial charge in [-0.1, -0.05) is 0 Å². The number of nitrogens with one attached hydrogen (secondary N) is 1. The first kappa shape index (κ1) is 12.9. The molecule has 0 radical (unpaired) electrons. The van der Waals surface area contributed by atoms with E-state index in [0.717, 1.165) is 25.7 Å². The first-order chi connectivity index (χ1) is 10.1. The van der Waals surface area contributed by atoms with Gasteiger partial charge in [0.05, 0.1) is 18.4 Å². The van der Waals surface area contributed by atoms with Crippen LogP contribution in [-0.2, 0) is 22.6 Å². The number of aliphatic carboxylic acids is 1.